The Morgan fingerprint density at radius 1 is 1.33 bits per heavy atom. The van der Waals surface area contributed by atoms with Crippen LogP contribution in [0.1, 0.15) is 49.5 Å². The van der Waals surface area contributed by atoms with E-state index >= 15 is 0 Å². The summed E-state index contributed by atoms with van der Waals surface area (Å²) in [6, 6.07) is 1.40. The van der Waals surface area contributed by atoms with E-state index in [4.69, 9.17) is 4.74 Å². The minimum atomic E-state index is -0.535. The van der Waals surface area contributed by atoms with Crippen LogP contribution in [0.15, 0.2) is 17.1 Å². The van der Waals surface area contributed by atoms with E-state index in [1.54, 1.807) is 27.7 Å². The largest absolute Gasteiger partial charge is 0.444 e. The zero-order valence-corrected chi connectivity index (χ0v) is 12.9. The van der Waals surface area contributed by atoms with Crippen molar-refractivity contribution >= 4 is 11.9 Å². The van der Waals surface area contributed by atoms with Crippen molar-refractivity contribution in [3.8, 4) is 0 Å². The summed E-state index contributed by atoms with van der Waals surface area (Å²) >= 11 is 0. The van der Waals surface area contributed by atoms with Crippen LogP contribution >= 0.6 is 0 Å². The normalized spacial score (nSPS) is 11.0. The summed E-state index contributed by atoms with van der Waals surface area (Å²) in [5.74, 6) is -0.0604. The highest BCUT2D eigenvalue weighted by atomic mass is 16.6. The van der Waals surface area contributed by atoms with Gasteiger partial charge in [0.2, 0.25) is 5.56 Å². The molecule has 0 unspecified atom stereocenters. The fourth-order valence-corrected chi connectivity index (χ4v) is 1.76. The molecule has 0 aliphatic heterocycles. The number of alkyl carbamates (subject to hydrolysis) is 1. The van der Waals surface area contributed by atoms with Crippen molar-refractivity contribution in [1.29, 1.82) is 0 Å². The van der Waals surface area contributed by atoms with Gasteiger partial charge in [-0.15, -0.1) is 0 Å². The summed E-state index contributed by atoms with van der Waals surface area (Å²) in [5, 5.41) is 2.60. The molecule has 0 radical (unpaired) electrons. The van der Waals surface area contributed by atoms with Crippen molar-refractivity contribution < 1.29 is 14.3 Å². The van der Waals surface area contributed by atoms with Gasteiger partial charge in [-0.3, -0.25) is 9.59 Å². The van der Waals surface area contributed by atoms with Gasteiger partial charge in [-0.1, -0.05) is 0 Å². The number of hydrogen-bond donors (Lipinski definition) is 2. The Bertz CT molecular complexity index is 570. The van der Waals surface area contributed by atoms with Gasteiger partial charge >= 0.3 is 6.09 Å². The third-order valence-corrected chi connectivity index (χ3v) is 2.68. The number of H-pyrrole nitrogens is 1. The minimum absolute atomic E-state index is 0.0604. The molecule has 0 aliphatic carbocycles. The molecule has 0 spiro atoms. The molecular weight excluding hydrogens is 272 g/mol. The minimum Gasteiger partial charge on any atom is -0.444 e. The highest BCUT2D eigenvalue weighted by molar-refractivity contribution is 5.97. The summed E-state index contributed by atoms with van der Waals surface area (Å²) in [4.78, 5) is 37.0. The predicted molar refractivity (Wildman–Crippen MR) is 79.6 cm³/mol. The molecule has 0 fully saturated rings. The van der Waals surface area contributed by atoms with Gasteiger partial charge in [-0.25, -0.2) is 4.79 Å². The van der Waals surface area contributed by atoms with E-state index < -0.39 is 11.7 Å². The topological polar surface area (TPSA) is 88.3 Å². The molecule has 21 heavy (non-hydrogen) atoms. The second-order valence-corrected chi connectivity index (χ2v) is 5.85. The first-order valence-corrected chi connectivity index (χ1v) is 6.88. The zero-order chi connectivity index (χ0) is 16.0. The number of carbonyl (C=O) groups is 2. The van der Waals surface area contributed by atoms with E-state index in [0.717, 1.165) is 0 Å². The number of amides is 1. The van der Waals surface area contributed by atoms with Gasteiger partial charge in [-0.2, -0.15) is 0 Å². The summed E-state index contributed by atoms with van der Waals surface area (Å²) < 4.78 is 5.09. The van der Waals surface area contributed by atoms with Crippen LogP contribution in [0.4, 0.5) is 4.79 Å². The molecule has 6 heteroatoms. The molecule has 1 amide bonds. The van der Waals surface area contributed by atoms with E-state index in [9.17, 15) is 14.4 Å². The Labute approximate surface area is 123 Å². The molecule has 116 valence electrons. The molecule has 0 saturated carbocycles. The fourth-order valence-electron chi connectivity index (χ4n) is 1.76. The second-order valence-electron chi connectivity index (χ2n) is 5.85. The third-order valence-electron chi connectivity index (χ3n) is 2.68. The van der Waals surface area contributed by atoms with Crippen LogP contribution in [-0.4, -0.2) is 29.0 Å². The number of hydrogen-bond acceptors (Lipinski definition) is 4. The monoisotopic (exact) mass is 294 g/mol. The maximum atomic E-state index is 12.0. The van der Waals surface area contributed by atoms with Crippen LogP contribution in [-0.2, 0) is 4.74 Å². The maximum absolute atomic E-state index is 12.0. The molecule has 1 aromatic heterocycles. The second kappa shape index (κ2) is 7.06. The Hall–Kier alpha value is -2.11. The molecule has 1 aromatic rings. The number of carbonyl (C=O) groups excluding carboxylic acids is 2. The van der Waals surface area contributed by atoms with Gasteiger partial charge in [0.1, 0.15) is 5.60 Å². The lowest BCUT2D eigenvalue weighted by atomic mass is 10.0. The highest BCUT2D eigenvalue weighted by Crippen LogP contribution is 2.08. The van der Waals surface area contributed by atoms with Crippen molar-refractivity contribution in [2.24, 2.45) is 0 Å². The van der Waals surface area contributed by atoms with Gasteiger partial charge in [0.15, 0.2) is 5.78 Å². The van der Waals surface area contributed by atoms with E-state index in [0.29, 0.717) is 30.5 Å². The van der Waals surface area contributed by atoms with Crippen LogP contribution in [0.5, 0.6) is 0 Å². The average molecular weight is 294 g/mol. The Morgan fingerprint density at radius 3 is 2.57 bits per heavy atom. The summed E-state index contributed by atoms with van der Waals surface area (Å²) in [6.07, 6.45) is 1.75. The molecule has 0 aliphatic rings. The van der Waals surface area contributed by atoms with Gasteiger partial charge in [0, 0.05) is 30.8 Å². The number of ketones is 1. The molecule has 0 atom stereocenters. The standard InChI is InChI=1S/C15H22N2O4/c1-10-8-13(19)17-9-11(10)12(18)6-5-7-16-14(20)21-15(2,3)4/h8-9H,5-7H2,1-4H3,(H,16,20)(H,17,19). The number of nitrogens with one attached hydrogen (secondary N) is 2. The lowest BCUT2D eigenvalue weighted by Gasteiger charge is -2.19. The van der Waals surface area contributed by atoms with Gasteiger partial charge < -0.3 is 15.0 Å². The Kier molecular flexibility index (Phi) is 5.69. The molecule has 0 bridgehead atoms. The fraction of sp³-hybridized carbons (Fsp3) is 0.533. The Morgan fingerprint density at radius 2 is 2.00 bits per heavy atom. The first kappa shape index (κ1) is 16.9. The van der Waals surface area contributed by atoms with E-state index in [-0.39, 0.29) is 11.3 Å². The van der Waals surface area contributed by atoms with Gasteiger partial charge in [0.05, 0.1) is 0 Å². The maximum Gasteiger partial charge on any atom is 0.407 e. The van der Waals surface area contributed by atoms with Gasteiger partial charge in [-0.05, 0) is 39.7 Å². The highest BCUT2D eigenvalue weighted by Gasteiger charge is 2.15. The molecule has 1 heterocycles. The number of Topliss-reactive ketones (excluding diaryl/α,β-unsaturated/α-hetero) is 1. The zero-order valence-electron chi connectivity index (χ0n) is 12.9. The van der Waals surface area contributed by atoms with Crippen molar-refractivity contribution in [2.75, 3.05) is 6.54 Å². The van der Waals surface area contributed by atoms with E-state index in [1.165, 1.54) is 12.3 Å². The molecule has 2 N–H and O–H groups in total. The molecule has 0 aromatic carbocycles. The summed E-state index contributed by atoms with van der Waals surface area (Å²) in [7, 11) is 0. The predicted octanol–water partition coefficient (Wildman–Crippen LogP) is 2.17. The average Bonchev–Trinajstić information content (AvgIpc) is 2.32. The third kappa shape index (κ3) is 6.25. The molecule has 0 saturated heterocycles. The summed E-state index contributed by atoms with van der Waals surface area (Å²) in [5.41, 5.74) is 0.402. The number of ether oxygens (including phenoxy) is 1. The first-order valence-electron chi connectivity index (χ1n) is 6.88. The van der Waals surface area contributed by atoms with Crippen LogP contribution in [0.2, 0.25) is 0 Å². The number of rotatable bonds is 5. The number of pyridine rings is 1. The van der Waals surface area contributed by atoms with Crippen molar-refractivity contribution in [1.82, 2.24) is 10.3 Å². The van der Waals surface area contributed by atoms with Crippen molar-refractivity contribution in [3.63, 3.8) is 0 Å². The summed E-state index contributed by atoms with van der Waals surface area (Å²) in [6.45, 7) is 7.45. The van der Waals surface area contributed by atoms with Crippen LogP contribution in [0, 0.1) is 6.92 Å². The molecular formula is C15H22N2O4. The van der Waals surface area contributed by atoms with Gasteiger partial charge in [0.25, 0.3) is 0 Å². The number of aryl methyl sites for hydroxylation is 1. The SMILES string of the molecule is Cc1cc(=O)[nH]cc1C(=O)CCCNC(=O)OC(C)(C)C. The number of aromatic nitrogens is 1. The van der Waals surface area contributed by atoms with Crippen molar-refractivity contribution in [3.05, 3.63) is 33.7 Å². The quantitative estimate of drug-likeness (QED) is 0.643. The lowest BCUT2D eigenvalue weighted by Crippen LogP contribution is -2.33. The Balaban J connectivity index is 2.37. The number of aromatic amines is 1. The first-order chi connectivity index (χ1) is 9.69. The van der Waals surface area contributed by atoms with Crippen LogP contribution < -0.4 is 10.9 Å². The lowest BCUT2D eigenvalue weighted by molar-refractivity contribution is 0.0525. The molecule has 1 rings (SSSR count). The van der Waals surface area contributed by atoms with E-state index in [1.807, 2.05) is 0 Å². The molecule has 6 nitrogen and oxygen atoms in total. The van der Waals surface area contributed by atoms with Crippen molar-refractivity contribution in [2.45, 2.75) is 46.1 Å². The van der Waals surface area contributed by atoms with E-state index in [2.05, 4.69) is 10.3 Å². The van der Waals surface area contributed by atoms with Crippen LogP contribution in [0.25, 0.3) is 0 Å². The smallest absolute Gasteiger partial charge is 0.407 e. The van der Waals surface area contributed by atoms with Crippen LogP contribution in [0.3, 0.4) is 0 Å².